The van der Waals surface area contributed by atoms with E-state index in [4.69, 9.17) is 4.74 Å². The third kappa shape index (κ3) is 7.25. The van der Waals surface area contributed by atoms with E-state index in [0.717, 1.165) is 50.2 Å². The third-order valence-corrected chi connectivity index (χ3v) is 8.85. The molecule has 7 nitrogen and oxygen atoms in total. The Labute approximate surface area is 199 Å². The minimum Gasteiger partial charge on any atom is -0.481 e. The molecule has 0 radical (unpaired) electrons. The van der Waals surface area contributed by atoms with Crippen LogP contribution in [0.25, 0.3) is 0 Å². The van der Waals surface area contributed by atoms with Gasteiger partial charge in [0.25, 0.3) is 0 Å². The second-order valence-electron chi connectivity index (χ2n) is 10.9. The van der Waals surface area contributed by atoms with Crippen LogP contribution in [0.1, 0.15) is 70.6 Å². The zero-order valence-electron chi connectivity index (χ0n) is 20.4. The van der Waals surface area contributed by atoms with Gasteiger partial charge in [-0.1, -0.05) is 12.2 Å². The Hall–Kier alpha value is -0.990. The number of ether oxygens (including phenoxy) is 1. The molecule has 7 heteroatoms. The third-order valence-electron chi connectivity index (χ3n) is 8.85. The maximum absolute atomic E-state index is 11.5. The van der Waals surface area contributed by atoms with E-state index in [1.807, 2.05) is 13.2 Å². The molecule has 0 spiro atoms. The van der Waals surface area contributed by atoms with E-state index in [9.17, 15) is 9.90 Å². The van der Waals surface area contributed by atoms with Gasteiger partial charge < -0.3 is 15.2 Å². The predicted molar refractivity (Wildman–Crippen MR) is 131 cm³/mol. The van der Waals surface area contributed by atoms with Crippen LogP contribution < -0.4 is 21.3 Å². The van der Waals surface area contributed by atoms with Gasteiger partial charge in [0.2, 0.25) is 0 Å². The quantitative estimate of drug-likeness (QED) is 0.336. The highest BCUT2D eigenvalue weighted by atomic mass is 16.5. The largest absolute Gasteiger partial charge is 0.481 e. The van der Waals surface area contributed by atoms with Crippen LogP contribution in [0.3, 0.4) is 0 Å². The molecule has 33 heavy (non-hydrogen) atoms. The Kier molecular flexibility index (Phi) is 9.62. The van der Waals surface area contributed by atoms with Gasteiger partial charge in [-0.25, -0.2) is 0 Å². The molecule has 188 valence electrons. The Morgan fingerprint density at radius 3 is 2.33 bits per heavy atom. The summed E-state index contributed by atoms with van der Waals surface area (Å²) in [5, 5.41) is 24.2. The summed E-state index contributed by atoms with van der Waals surface area (Å²) in [6.07, 6.45) is 17.6. The van der Waals surface area contributed by atoms with E-state index in [0.29, 0.717) is 18.6 Å². The summed E-state index contributed by atoms with van der Waals surface area (Å²) in [5.41, 5.74) is 0. The number of nitrogens with one attached hydrogen (secondary N) is 4. The molecule has 5 N–H and O–H groups in total. The molecule has 1 saturated heterocycles. The highest BCUT2D eigenvalue weighted by Gasteiger charge is 2.32. The number of rotatable bonds is 9. The van der Waals surface area contributed by atoms with Gasteiger partial charge in [-0.2, -0.15) is 0 Å². The smallest absolute Gasteiger partial charge is 0.308 e. The number of carboxylic acids is 1. The minimum absolute atomic E-state index is 0.0906. The van der Waals surface area contributed by atoms with Crippen molar-refractivity contribution in [3.05, 3.63) is 12.2 Å². The summed E-state index contributed by atoms with van der Waals surface area (Å²) < 4.78 is 5.53. The van der Waals surface area contributed by atoms with Crippen molar-refractivity contribution >= 4 is 5.97 Å². The zero-order chi connectivity index (χ0) is 23.0. The average molecular weight is 463 g/mol. The SMILES string of the molecule is COC1CCC(C2CNC(NC3CCC(CCN[C@H]4CC=CC[C@H]4C(=O)O)CC3)NC2)CC1. The van der Waals surface area contributed by atoms with Crippen LogP contribution in [-0.2, 0) is 9.53 Å². The molecule has 2 atom stereocenters. The average Bonchev–Trinajstić information content (AvgIpc) is 2.86. The number of carbonyl (C=O) groups is 1. The van der Waals surface area contributed by atoms with Gasteiger partial charge in [-0.3, -0.25) is 20.7 Å². The zero-order valence-corrected chi connectivity index (χ0v) is 20.4. The van der Waals surface area contributed by atoms with Gasteiger partial charge in [-0.05, 0) is 94.9 Å². The fourth-order valence-electron chi connectivity index (χ4n) is 6.57. The first kappa shape index (κ1) is 25.1. The second kappa shape index (κ2) is 12.6. The number of methoxy groups -OCH3 is 1. The summed E-state index contributed by atoms with van der Waals surface area (Å²) in [6, 6.07) is 0.681. The molecule has 3 aliphatic carbocycles. The summed E-state index contributed by atoms with van der Waals surface area (Å²) in [7, 11) is 1.85. The standard InChI is InChI=1S/C26H46N4O3/c1-33-22-12-8-19(9-13-22)20-16-28-26(29-17-20)30-21-10-6-18(7-11-21)14-15-27-24-5-3-2-4-23(24)25(31)32/h2-3,18-24,26-30H,4-17H2,1H3,(H,31,32)/t18?,19?,20?,21?,22?,23-,24+,26?/m1/s1. The molecule has 0 aromatic carbocycles. The first-order valence-electron chi connectivity index (χ1n) is 13.5. The molecule has 0 aromatic rings. The summed E-state index contributed by atoms with van der Waals surface area (Å²) in [5.74, 6) is 1.39. The monoisotopic (exact) mass is 462 g/mol. The van der Waals surface area contributed by atoms with Crippen LogP contribution >= 0.6 is 0 Å². The van der Waals surface area contributed by atoms with E-state index in [1.165, 1.54) is 51.4 Å². The Bertz CT molecular complexity index is 621. The van der Waals surface area contributed by atoms with Crippen molar-refractivity contribution in [1.82, 2.24) is 21.3 Å². The summed E-state index contributed by atoms with van der Waals surface area (Å²) in [4.78, 5) is 11.5. The summed E-state index contributed by atoms with van der Waals surface area (Å²) in [6.45, 7) is 3.16. The molecule has 0 unspecified atom stereocenters. The van der Waals surface area contributed by atoms with Crippen LogP contribution in [0.5, 0.6) is 0 Å². The van der Waals surface area contributed by atoms with Crippen molar-refractivity contribution in [1.29, 1.82) is 0 Å². The van der Waals surface area contributed by atoms with Gasteiger partial charge in [0.15, 0.2) is 0 Å². The Balaban J connectivity index is 1.08. The fraction of sp³-hybridized carbons (Fsp3) is 0.885. The highest BCUT2D eigenvalue weighted by molar-refractivity contribution is 5.71. The van der Waals surface area contributed by atoms with Crippen LogP contribution in [0.2, 0.25) is 0 Å². The lowest BCUT2D eigenvalue weighted by molar-refractivity contribution is -0.142. The van der Waals surface area contributed by atoms with Crippen molar-refractivity contribution in [3.8, 4) is 0 Å². The van der Waals surface area contributed by atoms with Gasteiger partial charge in [0.05, 0.1) is 12.0 Å². The maximum Gasteiger partial charge on any atom is 0.308 e. The molecular weight excluding hydrogens is 416 g/mol. The second-order valence-corrected chi connectivity index (χ2v) is 10.9. The van der Waals surface area contributed by atoms with Gasteiger partial charge in [0.1, 0.15) is 6.29 Å². The van der Waals surface area contributed by atoms with Crippen molar-refractivity contribution in [3.63, 3.8) is 0 Å². The van der Waals surface area contributed by atoms with E-state index in [2.05, 4.69) is 27.3 Å². The number of hydrogen-bond donors (Lipinski definition) is 5. The lowest BCUT2D eigenvalue weighted by atomic mass is 9.78. The van der Waals surface area contributed by atoms with E-state index in [1.54, 1.807) is 0 Å². The normalized spacial score (nSPS) is 39.9. The van der Waals surface area contributed by atoms with E-state index < -0.39 is 5.97 Å². The van der Waals surface area contributed by atoms with E-state index >= 15 is 0 Å². The fourth-order valence-corrected chi connectivity index (χ4v) is 6.57. The van der Waals surface area contributed by atoms with Crippen LogP contribution in [0.15, 0.2) is 12.2 Å². The van der Waals surface area contributed by atoms with Crippen molar-refractivity contribution in [2.45, 2.75) is 95.1 Å². The van der Waals surface area contributed by atoms with Crippen LogP contribution in [-0.4, -0.2) is 62.3 Å². The molecule has 1 heterocycles. The number of aliphatic carboxylic acids is 1. The summed E-state index contributed by atoms with van der Waals surface area (Å²) >= 11 is 0. The molecule has 4 aliphatic rings. The molecule has 0 aromatic heterocycles. The van der Waals surface area contributed by atoms with E-state index in [-0.39, 0.29) is 18.2 Å². The molecular formula is C26H46N4O3. The molecule has 1 aliphatic heterocycles. The number of carboxylic acid groups (broad SMARTS) is 1. The van der Waals surface area contributed by atoms with Gasteiger partial charge >= 0.3 is 5.97 Å². The number of hydrogen-bond acceptors (Lipinski definition) is 6. The molecule has 2 saturated carbocycles. The Morgan fingerprint density at radius 2 is 1.67 bits per heavy atom. The molecule has 3 fully saturated rings. The molecule has 4 rings (SSSR count). The first-order chi connectivity index (χ1) is 16.1. The minimum atomic E-state index is -0.668. The maximum atomic E-state index is 11.5. The van der Waals surface area contributed by atoms with Crippen LogP contribution in [0, 0.1) is 23.7 Å². The highest BCUT2D eigenvalue weighted by Crippen LogP contribution is 2.32. The molecule has 0 bridgehead atoms. The Morgan fingerprint density at radius 1 is 0.970 bits per heavy atom. The first-order valence-corrected chi connectivity index (χ1v) is 13.5. The van der Waals surface area contributed by atoms with Gasteiger partial charge in [0, 0.05) is 32.3 Å². The predicted octanol–water partition coefficient (Wildman–Crippen LogP) is 2.83. The van der Waals surface area contributed by atoms with Crippen molar-refractivity contribution < 1.29 is 14.6 Å². The lowest BCUT2D eigenvalue weighted by Crippen LogP contribution is -2.63. The van der Waals surface area contributed by atoms with Crippen LogP contribution in [0.4, 0.5) is 0 Å². The van der Waals surface area contributed by atoms with Crippen molar-refractivity contribution in [2.75, 3.05) is 26.7 Å². The topological polar surface area (TPSA) is 94.7 Å². The number of allylic oxidation sites excluding steroid dienone is 1. The van der Waals surface area contributed by atoms with Gasteiger partial charge in [-0.15, -0.1) is 0 Å². The lowest BCUT2D eigenvalue weighted by Gasteiger charge is -2.40. The molecule has 0 amide bonds. The van der Waals surface area contributed by atoms with Crippen molar-refractivity contribution in [2.24, 2.45) is 23.7 Å².